The summed E-state index contributed by atoms with van der Waals surface area (Å²) < 4.78 is 28.0. The molecule has 3 rings (SSSR count). The van der Waals surface area contributed by atoms with E-state index >= 15 is 0 Å². The van der Waals surface area contributed by atoms with E-state index in [4.69, 9.17) is 0 Å². The molecule has 0 aromatic carbocycles. The van der Waals surface area contributed by atoms with Crippen molar-refractivity contribution in [1.82, 2.24) is 18.8 Å². The molecule has 2 unspecified atom stereocenters. The number of aromatic nitrogens is 2. The zero-order valence-corrected chi connectivity index (χ0v) is 17.5. The van der Waals surface area contributed by atoms with Gasteiger partial charge >= 0.3 is 0 Å². The van der Waals surface area contributed by atoms with Crippen LogP contribution >= 0.6 is 0 Å². The Balaban J connectivity index is 1.69. The fourth-order valence-corrected chi connectivity index (χ4v) is 5.05. The maximum Gasteiger partial charge on any atom is 0.237 e. The molecule has 2 heterocycles. The van der Waals surface area contributed by atoms with E-state index in [1.165, 1.54) is 17.0 Å². The quantitative estimate of drug-likeness (QED) is 0.737. The molecule has 1 aliphatic heterocycles. The Morgan fingerprint density at radius 2 is 2.00 bits per heavy atom. The monoisotopic (exact) mass is 396 g/mol. The van der Waals surface area contributed by atoms with Crippen LogP contribution in [0.3, 0.4) is 0 Å². The van der Waals surface area contributed by atoms with Crippen LogP contribution in [0.2, 0.25) is 0 Å². The lowest BCUT2D eigenvalue weighted by molar-refractivity contribution is -0.133. The second-order valence-electron chi connectivity index (χ2n) is 8.16. The van der Waals surface area contributed by atoms with Crippen LogP contribution in [0.1, 0.15) is 57.0 Å². The Hall–Kier alpha value is -1.41. The van der Waals surface area contributed by atoms with Crippen LogP contribution in [-0.2, 0) is 34.3 Å². The van der Waals surface area contributed by atoms with Gasteiger partial charge in [0.1, 0.15) is 5.82 Å². The third-order valence-corrected chi connectivity index (χ3v) is 7.23. The van der Waals surface area contributed by atoms with Gasteiger partial charge in [0.2, 0.25) is 15.9 Å². The molecule has 1 amide bonds. The molecule has 2 aliphatic rings. The molecule has 1 aliphatic carbocycles. The van der Waals surface area contributed by atoms with Gasteiger partial charge in [-0.3, -0.25) is 4.79 Å². The molecular formula is C19H32N4O3S. The van der Waals surface area contributed by atoms with Crippen LogP contribution in [0.15, 0.2) is 6.20 Å². The number of likely N-dealkylation sites (N-methyl/N-ethyl adjacent to an activating group) is 1. The summed E-state index contributed by atoms with van der Waals surface area (Å²) in [6.45, 7) is 3.14. The van der Waals surface area contributed by atoms with Crippen LogP contribution in [-0.4, -0.2) is 59.0 Å². The van der Waals surface area contributed by atoms with Crippen LogP contribution in [0.5, 0.6) is 0 Å². The number of rotatable bonds is 6. The van der Waals surface area contributed by atoms with Gasteiger partial charge in [-0.1, -0.05) is 19.8 Å². The highest BCUT2D eigenvalue weighted by Gasteiger charge is 2.30. The van der Waals surface area contributed by atoms with Crippen LogP contribution in [0.4, 0.5) is 0 Å². The van der Waals surface area contributed by atoms with Gasteiger partial charge in [-0.05, 0) is 31.6 Å². The predicted molar refractivity (Wildman–Crippen MR) is 105 cm³/mol. The third kappa shape index (κ3) is 4.90. The van der Waals surface area contributed by atoms with Crippen molar-refractivity contribution < 1.29 is 13.2 Å². The van der Waals surface area contributed by atoms with Crippen LogP contribution in [0.25, 0.3) is 0 Å². The largest absolute Gasteiger partial charge is 0.341 e. The Morgan fingerprint density at radius 3 is 2.67 bits per heavy atom. The van der Waals surface area contributed by atoms with E-state index in [0.717, 1.165) is 56.6 Å². The van der Waals surface area contributed by atoms with Crippen molar-refractivity contribution in [3.8, 4) is 0 Å². The topological polar surface area (TPSA) is 75.5 Å². The van der Waals surface area contributed by atoms with Crippen molar-refractivity contribution in [3.05, 3.63) is 17.7 Å². The molecule has 0 N–H and O–H groups in total. The lowest BCUT2D eigenvalue weighted by atomic mass is 9.85. The minimum absolute atomic E-state index is 0.124. The van der Waals surface area contributed by atoms with Gasteiger partial charge in [0.05, 0.1) is 25.0 Å². The molecule has 0 spiro atoms. The van der Waals surface area contributed by atoms with Gasteiger partial charge in [-0.2, -0.15) is 4.31 Å². The number of sulfonamides is 1. The molecule has 1 fully saturated rings. The summed E-state index contributed by atoms with van der Waals surface area (Å²) >= 11 is 0. The summed E-state index contributed by atoms with van der Waals surface area (Å²) in [4.78, 5) is 19.2. The van der Waals surface area contributed by atoms with Crippen LogP contribution in [0, 0.1) is 5.92 Å². The highest BCUT2D eigenvalue weighted by Crippen LogP contribution is 2.27. The van der Waals surface area contributed by atoms with Crippen LogP contribution < -0.4 is 0 Å². The number of hydrogen-bond donors (Lipinski definition) is 0. The SMILES string of the molecule is CC1CCCCC1N(C)C(=O)CN(Cc1cn2c(n1)CCCC2)S(C)(=O)=O. The van der Waals surface area contributed by atoms with Crippen molar-refractivity contribution in [1.29, 1.82) is 0 Å². The number of hydrogen-bond acceptors (Lipinski definition) is 4. The molecule has 0 radical (unpaired) electrons. The Labute approximate surface area is 162 Å². The zero-order chi connectivity index (χ0) is 19.6. The number of nitrogens with zero attached hydrogens (tertiary/aromatic N) is 4. The fraction of sp³-hybridized carbons (Fsp3) is 0.789. The summed E-state index contributed by atoms with van der Waals surface area (Å²) in [5, 5.41) is 0. The first-order valence-corrected chi connectivity index (χ1v) is 11.9. The smallest absolute Gasteiger partial charge is 0.237 e. The number of amides is 1. The first-order chi connectivity index (χ1) is 12.8. The highest BCUT2D eigenvalue weighted by molar-refractivity contribution is 7.88. The molecule has 152 valence electrons. The number of imidazole rings is 1. The fourth-order valence-electron chi connectivity index (χ4n) is 4.34. The molecule has 27 heavy (non-hydrogen) atoms. The van der Waals surface area contributed by atoms with E-state index in [0.29, 0.717) is 5.92 Å². The summed E-state index contributed by atoms with van der Waals surface area (Å²) in [6, 6.07) is 0.201. The molecule has 7 nitrogen and oxygen atoms in total. The summed E-state index contributed by atoms with van der Waals surface area (Å²) in [7, 11) is -1.69. The summed E-state index contributed by atoms with van der Waals surface area (Å²) in [6.07, 6.45) is 10.7. The van der Waals surface area contributed by atoms with E-state index in [1.807, 2.05) is 13.2 Å². The van der Waals surface area contributed by atoms with Gasteiger partial charge in [0.15, 0.2) is 0 Å². The number of carbonyl (C=O) groups excluding carboxylic acids is 1. The lowest BCUT2D eigenvalue weighted by Gasteiger charge is -2.37. The second-order valence-corrected chi connectivity index (χ2v) is 10.1. The van der Waals surface area contributed by atoms with E-state index in [2.05, 4.69) is 16.5 Å². The normalized spacial score (nSPS) is 23.3. The molecule has 1 aromatic rings. The van der Waals surface area contributed by atoms with Gasteiger partial charge in [0, 0.05) is 32.3 Å². The van der Waals surface area contributed by atoms with Gasteiger partial charge in [-0.25, -0.2) is 13.4 Å². The van der Waals surface area contributed by atoms with E-state index in [9.17, 15) is 13.2 Å². The van der Waals surface area contributed by atoms with E-state index in [1.54, 1.807) is 4.90 Å². The standard InChI is InChI=1S/C19H32N4O3S/c1-15-8-4-5-9-17(15)21(2)19(24)14-23(27(3,25)26)13-16-12-22-11-7-6-10-18(22)20-16/h12,15,17H,4-11,13-14H2,1-3H3. The number of carbonyl (C=O) groups is 1. The second kappa shape index (κ2) is 8.31. The molecule has 0 saturated heterocycles. The summed E-state index contributed by atoms with van der Waals surface area (Å²) in [5.41, 5.74) is 0.721. The van der Waals surface area contributed by atoms with Gasteiger partial charge in [-0.15, -0.1) is 0 Å². The van der Waals surface area contributed by atoms with Crippen molar-refractivity contribution in [2.45, 2.75) is 71.0 Å². The average Bonchev–Trinajstić information content (AvgIpc) is 3.02. The van der Waals surface area contributed by atoms with Gasteiger partial charge in [0.25, 0.3) is 0 Å². The maximum atomic E-state index is 12.8. The molecule has 1 aromatic heterocycles. The third-order valence-electron chi connectivity index (χ3n) is 6.03. The Kier molecular flexibility index (Phi) is 6.25. The maximum absolute atomic E-state index is 12.8. The Morgan fingerprint density at radius 1 is 1.26 bits per heavy atom. The molecular weight excluding hydrogens is 364 g/mol. The number of aryl methyl sites for hydroxylation is 2. The summed E-state index contributed by atoms with van der Waals surface area (Å²) in [5.74, 6) is 1.34. The first kappa shape index (κ1) is 20.3. The van der Waals surface area contributed by atoms with E-state index in [-0.39, 0.29) is 25.0 Å². The number of fused-ring (bicyclic) bond motifs is 1. The average molecular weight is 397 g/mol. The minimum atomic E-state index is -3.50. The van der Waals surface area contributed by atoms with Gasteiger partial charge < -0.3 is 9.47 Å². The molecule has 2 atom stereocenters. The van der Waals surface area contributed by atoms with Crippen molar-refractivity contribution in [2.24, 2.45) is 5.92 Å². The molecule has 0 bridgehead atoms. The zero-order valence-electron chi connectivity index (χ0n) is 16.7. The van der Waals surface area contributed by atoms with Crippen molar-refractivity contribution in [3.63, 3.8) is 0 Å². The van der Waals surface area contributed by atoms with E-state index < -0.39 is 10.0 Å². The van der Waals surface area contributed by atoms with Crippen molar-refractivity contribution in [2.75, 3.05) is 19.8 Å². The predicted octanol–water partition coefficient (Wildman–Crippen LogP) is 2.02. The highest BCUT2D eigenvalue weighted by atomic mass is 32.2. The minimum Gasteiger partial charge on any atom is -0.341 e. The van der Waals surface area contributed by atoms with Crippen molar-refractivity contribution >= 4 is 15.9 Å². The Bertz CT molecular complexity index is 750. The molecule has 1 saturated carbocycles. The first-order valence-electron chi connectivity index (χ1n) is 10.0. The lowest BCUT2D eigenvalue weighted by Crippen LogP contribution is -2.47. The molecule has 8 heteroatoms.